The van der Waals surface area contributed by atoms with Crippen molar-refractivity contribution >= 4 is 11.0 Å². The summed E-state index contributed by atoms with van der Waals surface area (Å²) in [6.45, 7) is 2.85. The number of benzene rings is 2. The van der Waals surface area contributed by atoms with Crippen molar-refractivity contribution in [2.24, 2.45) is 0 Å². The molecular weight excluding hydrogens is 262 g/mol. The Kier molecular flexibility index (Phi) is 3.67. The lowest BCUT2D eigenvalue weighted by molar-refractivity contribution is 0.408. The van der Waals surface area contributed by atoms with Crippen LogP contribution in [0.3, 0.4) is 0 Å². The Hall–Kier alpha value is -2.26. The number of aryl methyl sites for hydroxylation is 1. The van der Waals surface area contributed by atoms with Gasteiger partial charge in [-0.25, -0.2) is 0 Å². The number of hydrogen-bond acceptors (Lipinski definition) is 3. The predicted molar refractivity (Wildman–Crippen MR) is 85.7 cm³/mol. The molecule has 3 rings (SSSR count). The molecule has 0 radical (unpaired) electrons. The highest BCUT2D eigenvalue weighted by molar-refractivity contribution is 5.83. The molecule has 3 heteroatoms. The van der Waals surface area contributed by atoms with Crippen molar-refractivity contribution in [2.45, 2.75) is 13.5 Å². The van der Waals surface area contributed by atoms with Gasteiger partial charge in [0.1, 0.15) is 17.1 Å². The van der Waals surface area contributed by atoms with Crippen LogP contribution in [0.25, 0.3) is 22.3 Å². The number of methoxy groups -OCH3 is 1. The lowest BCUT2D eigenvalue weighted by Crippen LogP contribution is -2.06. The maximum atomic E-state index is 5.95. The van der Waals surface area contributed by atoms with Gasteiger partial charge in [0.2, 0.25) is 0 Å². The highest BCUT2D eigenvalue weighted by Crippen LogP contribution is 2.31. The van der Waals surface area contributed by atoms with Crippen molar-refractivity contribution in [1.29, 1.82) is 0 Å². The lowest BCUT2D eigenvalue weighted by atomic mass is 10.1. The van der Waals surface area contributed by atoms with E-state index >= 15 is 0 Å². The smallest absolute Gasteiger partial charge is 0.135 e. The molecule has 0 spiro atoms. The largest absolute Gasteiger partial charge is 0.496 e. The Labute approximate surface area is 124 Å². The third-order valence-electron chi connectivity index (χ3n) is 3.60. The number of hydrogen-bond donors (Lipinski definition) is 1. The molecule has 0 aliphatic heterocycles. The van der Waals surface area contributed by atoms with Crippen LogP contribution in [-0.4, -0.2) is 14.2 Å². The SMILES string of the molecule is CNCc1cc(-c2cc3cc(C)ccc3o2)ccc1OC. The molecule has 21 heavy (non-hydrogen) atoms. The van der Waals surface area contributed by atoms with Crippen molar-refractivity contribution in [1.82, 2.24) is 5.32 Å². The third kappa shape index (κ3) is 2.65. The number of nitrogens with one attached hydrogen (secondary N) is 1. The van der Waals surface area contributed by atoms with Gasteiger partial charge in [-0.05, 0) is 50.4 Å². The summed E-state index contributed by atoms with van der Waals surface area (Å²) in [5, 5.41) is 4.30. The van der Waals surface area contributed by atoms with E-state index in [4.69, 9.17) is 9.15 Å². The second-order valence-corrected chi connectivity index (χ2v) is 5.21. The molecule has 0 saturated carbocycles. The zero-order chi connectivity index (χ0) is 14.8. The molecule has 2 aromatic carbocycles. The molecule has 108 valence electrons. The molecule has 1 aromatic heterocycles. The predicted octanol–water partition coefficient (Wildman–Crippen LogP) is 4.14. The Morgan fingerprint density at radius 3 is 2.71 bits per heavy atom. The molecule has 3 aromatic rings. The van der Waals surface area contributed by atoms with Crippen LogP contribution in [0, 0.1) is 6.92 Å². The Balaban J connectivity index is 2.07. The van der Waals surface area contributed by atoms with Gasteiger partial charge >= 0.3 is 0 Å². The molecule has 0 aliphatic carbocycles. The minimum absolute atomic E-state index is 0.760. The first-order valence-corrected chi connectivity index (χ1v) is 7.03. The van der Waals surface area contributed by atoms with Gasteiger partial charge in [0.25, 0.3) is 0 Å². The monoisotopic (exact) mass is 281 g/mol. The summed E-state index contributed by atoms with van der Waals surface area (Å²) in [6, 6.07) is 14.4. The average Bonchev–Trinajstić information content (AvgIpc) is 2.90. The number of ether oxygens (including phenoxy) is 1. The number of furan rings is 1. The Morgan fingerprint density at radius 1 is 1.10 bits per heavy atom. The van der Waals surface area contributed by atoms with Gasteiger partial charge in [-0.2, -0.15) is 0 Å². The highest BCUT2D eigenvalue weighted by atomic mass is 16.5. The number of rotatable bonds is 4. The van der Waals surface area contributed by atoms with Gasteiger partial charge < -0.3 is 14.5 Å². The molecule has 0 aliphatic rings. The van der Waals surface area contributed by atoms with E-state index in [1.54, 1.807) is 7.11 Å². The van der Waals surface area contributed by atoms with Crippen LogP contribution in [0.5, 0.6) is 5.75 Å². The van der Waals surface area contributed by atoms with Gasteiger partial charge in [-0.1, -0.05) is 11.6 Å². The molecule has 0 atom stereocenters. The molecule has 3 nitrogen and oxygen atoms in total. The molecular formula is C18H19NO2. The van der Waals surface area contributed by atoms with Crippen LogP contribution < -0.4 is 10.1 Å². The molecule has 0 fully saturated rings. The number of fused-ring (bicyclic) bond motifs is 1. The summed E-state index contributed by atoms with van der Waals surface area (Å²) in [4.78, 5) is 0. The summed E-state index contributed by atoms with van der Waals surface area (Å²) in [5.74, 6) is 1.77. The molecule has 0 saturated heterocycles. The van der Waals surface area contributed by atoms with Gasteiger partial charge in [0.15, 0.2) is 0 Å². The van der Waals surface area contributed by atoms with Gasteiger partial charge in [-0.15, -0.1) is 0 Å². The summed E-state index contributed by atoms with van der Waals surface area (Å²) in [5.41, 5.74) is 4.34. The van der Waals surface area contributed by atoms with Gasteiger partial charge in [-0.3, -0.25) is 0 Å². The maximum Gasteiger partial charge on any atom is 0.135 e. The fraction of sp³-hybridized carbons (Fsp3) is 0.222. The Morgan fingerprint density at radius 2 is 1.95 bits per heavy atom. The van der Waals surface area contributed by atoms with E-state index in [1.807, 2.05) is 25.2 Å². The lowest BCUT2D eigenvalue weighted by Gasteiger charge is -2.09. The van der Waals surface area contributed by atoms with Gasteiger partial charge in [0.05, 0.1) is 7.11 Å². The van der Waals surface area contributed by atoms with E-state index < -0.39 is 0 Å². The summed E-state index contributed by atoms with van der Waals surface area (Å²) in [7, 11) is 3.62. The fourth-order valence-corrected chi connectivity index (χ4v) is 2.57. The van der Waals surface area contributed by atoms with Crippen molar-refractivity contribution in [2.75, 3.05) is 14.2 Å². The van der Waals surface area contributed by atoms with Crippen LogP contribution in [0.4, 0.5) is 0 Å². The molecule has 1 N–H and O–H groups in total. The van der Waals surface area contributed by atoms with Crippen LogP contribution in [0.2, 0.25) is 0 Å². The molecule has 0 bridgehead atoms. The van der Waals surface area contributed by atoms with E-state index in [-0.39, 0.29) is 0 Å². The van der Waals surface area contributed by atoms with Crippen LogP contribution in [0.15, 0.2) is 46.9 Å². The first-order valence-electron chi connectivity index (χ1n) is 7.03. The van der Waals surface area contributed by atoms with Gasteiger partial charge in [0, 0.05) is 23.1 Å². The van der Waals surface area contributed by atoms with Crippen molar-refractivity contribution < 1.29 is 9.15 Å². The minimum Gasteiger partial charge on any atom is -0.496 e. The summed E-state index contributed by atoms with van der Waals surface area (Å²) < 4.78 is 11.3. The second kappa shape index (κ2) is 5.62. The first kappa shape index (κ1) is 13.7. The molecule has 0 amide bonds. The highest BCUT2D eigenvalue weighted by Gasteiger charge is 2.09. The Bertz CT molecular complexity index is 774. The van der Waals surface area contributed by atoms with E-state index in [0.717, 1.165) is 40.2 Å². The quantitative estimate of drug-likeness (QED) is 0.780. The zero-order valence-electron chi connectivity index (χ0n) is 12.6. The summed E-state index contributed by atoms with van der Waals surface area (Å²) >= 11 is 0. The third-order valence-corrected chi connectivity index (χ3v) is 3.60. The van der Waals surface area contributed by atoms with Crippen molar-refractivity contribution in [3.05, 3.63) is 53.6 Å². The first-order chi connectivity index (χ1) is 10.2. The minimum atomic E-state index is 0.760. The second-order valence-electron chi connectivity index (χ2n) is 5.21. The zero-order valence-corrected chi connectivity index (χ0v) is 12.6. The van der Waals surface area contributed by atoms with E-state index in [9.17, 15) is 0 Å². The van der Waals surface area contributed by atoms with E-state index in [1.165, 1.54) is 5.56 Å². The summed E-state index contributed by atoms with van der Waals surface area (Å²) in [6.07, 6.45) is 0. The molecule has 0 unspecified atom stereocenters. The standard InChI is InChI=1S/C18H19NO2/c1-12-4-6-17-14(8-12)10-18(21-17)13-5-7-16(20-3)15(9-13)11-19-2/h4-10,19H,11H2,1-3H3. The van der Waals surface area contributed by atoms with Crippen molar-refractivity contribution in [3.8, 4) is 17.1 Å². The fourth-order valence-electron chi connectivity index (χ4n) is 2.57. The van der Waals surface area contributed by atoms with E-state index in [2.05, 4.69) is 36.5 Å². The molecule has 1 heterocycles. The topological polar surface area (TPSA) is 34.4 Å². The normalized spacial score (nSPS) is 11.0. The average molecular weight is 281 g/mol. The van der Waals surface area contributed by atoms with Crippen LogP contribution in [-0.2, 0) is 6.54 Å². The van der Waals surface area contributed by atoms with Crippen LogP contribution >= 0.6 is 0 Å². The van der Waals surface area contributed by atoms with Crippen molar-refractivity contribution in [3.63, 3.8) is 0 Å². The van der Waals surface area contributed by atoms with E-state index in [0.29, 0.717) is 0 Å². The maximum absolute atomic E-state index is 5.95. The van der Waals surface area contributed by atoms with Crippen LogP contribution in [0.1, 0.15) is 11.1 Å².